The minimum Gasteiger partial charge on any atom is -0.354 e. The molecule has 0 fully saturated rings. The minimum atomic E-state index is -0.418. The molecule has 1 aromatic heterocycles. The highest BCUT2D eigenvalue weighted by molar-refractivity contribution is 6.22. The minimum absolute atomic E-state index is 0.0306. The van der Waals surface area contributed by atoms with Crippen LogP contribution in [0.15, 0.2) is 102 Å². The van der Waals surface area contributed by atoms with Crippen molar-refractivity contribution in [1.29, 1.82) is 0 Å². The van der Waals surface area contributed by atoms with E-state index in [0.717, 1.165) is 55.8 Å². The summed E-state index contributed by atoms with van der Waals surface area (Å²) >= 11 is 0. The lowest BCUT2D eigenvalue weighted by Gasteiger charge is -2.03. The fourth-order valence-electron chi connectivity index (χ4n) is 4.66. The molecule has 8 nitrogen and oxygen atoms in total. The molecule has 1 N–H and O–H groups in total. The molecule has 0 aliphatic carbocycles. The van der Waals surface area contributed by atoms with E-state index in [0.29, 0.717) is 0 Å². The van der Waals surface area contributed by atoms with E-state index in [4.69, 9.17) is 4.99 Å². The van der Waals surface area contributed by atoms with Crippen molar-refractivity contribution in [1.82, 2.24) is 4.98 Å². The third-order valence-corrected chi connectivity index (χ3v) is 6.44. The first kappa shape index (κ1) is 22.1. The number of benzene rings is 4. The van der Waals surface area contributed by atoms with Gasteiger partial charge in [-0.1, -0.05) is 48.5 Å². The Morgan fingerprint density at radius 2 is 1.19 bits per heavy atom. The highest BCUT2D eigenvalue weighted by Gasteiger charge is 2.22. The summed E-state index contributed by atoms with van der Waals surface area (Å²) in [4.78, 5) is 29.8. The maximum atomic E-state index is 11.1. The van der Waals surface area contributed by atoms with Crippen LogP contribution in [0.2, 0.25) is 0 Å². The first-order valence-electron chi connectivity index (χ1n) is 11.5. The van der Waals surface area contributed by atoms with Crippen LogP contribution in [0.4, 0.5) is 11.4 Å². The number of hydrogen-bond donors (Lipinski definition) is 1. The molecule has 0 saturated carbocycles. The molecule has 1 aliphatic rings. The standard InChI is InChI=1S/C29H18N4O4/c34-32(35)20-13-9-18(10-14-20)28-24-7-3-1-5-22(24)26(30-28)17-27-23-6-2-4-8-25(23)29(31-27)19-11-15-21(16-12-19)33(36)37/h1-17,30H/b27-17-. The molecular formula is C29H18N4O4. The van der Waals surface area contributed by atoms with Gasteiger partial charge in [-0.15, -0.1) is 0 Å². The summed E-state index contributed by atoms with van der Waals surface area (Å²) < 4.78 is 0. The highest BCUT2D eigenvalue weighted by atomic mass is 16.6. The molecule has 2 heterocycles. The summed E-state index contributed by atoms with van der Waals surface area (Å²) in [7, 11) is 0. The second-order valence-electron chi connectivity index (χ2n) is 8.60. The number of nitrogens with zero attached hydrogens (tertiary/aromatic N) is 3. The molecule has 0 bridgehead atoms. The Hall–Kier alpha value is -5.37. The third kappa shape index (κ3) is 3.86. The summed E-state index contributed by atoms with van der Waals surface area (Å²) in [5.41, 5.74) is 6.87. The Morgan fingerprint density at radius 1 is 0.649 bits per heavy atom. The topological polar surface area (TPSA) is 114 Å². The number of hydrogen-bond acceptors (Lipinski definition) is 5. The Morgan fingerprint density at radius 3 is 1.81 bits per heavy atom. The number of non-ortho nitro benzene ring substituents is 2. The van der Waals surface area contributed by atoms with Crippen molar-refractivity contribution in [2.45, 2.75) is 0 Å². The van der Waals surface area contributed by atoms with Crippen LogP contribution in [0, 0.1) is 20.2 Å². The van der Waals surface area contributed by atoms with Gasteiger partial charge in [-0.2, -0.15) is 0 Å². The van der Waals surface area contributed by atoms with Crippen molar-refractivity contribution in [3.8, 4) is 11.3 Å². The molecule has 0 atom stereocenters. The van der Waals surface area contributed by atoms with Gasteiger partial charge in [-0.25, -0.2) is 4.99 Å². The molecule has 178 valence electrons. The monoisotopic (exact) mass is 486 g/mol. The van der Waals surface area contributed by atoms with Crippen LogP contribution in [-0.4, -0.2) is 20.5 Å². The fraction of sp³-hybridized carbons (Fsp3) is 0. The van der Waals surface area contributed by atoms with Crippen molar-refractivity contribution >= 4 is 39.6 Å². The average Bonchev–Trinajstić information content (AvgIpc) is 3.48. The third-order valence-electron chi connectivity index (χ3n) is 6.44. The van der Waals surface area contributed by atoms with E-state index < -0.39 is 9.85 Å². The van der Waals surface area contributed by atoms with E-state index in [1.807, 2.05) is 54.6 Å². The zero-order chi connectivity index (χ0) is 25.5. The van der Waals surface area contributed by atoms with E-state index in [1.54, 1.807) is 24.3 Å². The van der Waals surface area contributed by atoms with Gasteiger partial charge in [0.05, 0.1) is 26.9 Å². The first-order valence-corrected chi connectivity index (χ1v) is 11.5. The molecule has 1 aliphatic heterocycles. The summed E-state index contributed by atoms with van der Waals surface area (Å²) in [5, 5.41) is 24.2. The molecule has 8 heteroatoms. The number of nitrogens with one attached hydrogen (secondary N) is 1. The van der Waals surface area contributed by atoms with Gasteiger partial charge in [0.2, 0.25) is 0 Å². The zero-order valence-corrected chi connectivity index (χ0v) is 19.3. The van der Waals surface area contributed by atoms with Crippen molar-refractivity contribution < 1.29 is 9.85 Å². The van der Waals surface area contributed by atoms with Crippen LogP contribution in [-0.2, 0) is 0 Å². The Balaban J connectivity index is 1.47. The highest BCUT2D eigenvalue weighted by Crippen LogP contribution is 2.37. The maximum absolute atomic E-state index is 11.1. The molecule has 5 aromatic rings. The molecular weight excluding hydrogens is 468 g/mol. The predicted molar refractivity (Wildman–Crippen MR) is 143 cm³/mol. The molecule has 0 spiro atoms. The molecule has 0 amide bonds. The number of rotatable bonds is 5. The van der Waals surface area contributed by atoms with Gasteiger partial charge in [0.25, 0.3) is 11.4 Å². The van der Waals surface area contributed by atoms with E-state index in [-0.39, 0.29) is 11.4 Å². The Labute approximate surface area is 210 Å². The second-order valence-corrected chi connectivity index (χ2v) is 8.60. The molecule has 0 saturated heterocycles. The number of aliphatic imine (C=N–C) groups is 1. The van der Waals surface area contributed by atoms with E-state index in [1.165, 1.54) is 24.3 Å². The molecule has 6 rings (SSSR count). The maximum Gasteiger partial charge on any atom is 0.269 e. The predicted octanol–water partition coefficient (Wildman–Crippen LogP) is 7.00. The van der Waals surface area contributed by atoms with Crippen LogP contribution in [0.3, 0.4) is 0 Å². The van der Waals surface area contributed by atoms with Crippen LogP contribution < -0.4 is 0 Å². The van der Waals surface area contributed by atoms with Crippen LogP contribution in [0.25, 0.3) is 33.8 Å². The number of aromatic amines is 1. The molecule has 37 heavy (non-hydrogen) atoms. The van der Waals surface area contributed by atoms with Gasteiger partial charge < -0.3 is 4.98 Å². The van der Waals surface area contributed by atoms with Crippen molar-refractivity contribution in [2.24, 2.45) is 4.99 Å². The second kappa shape index (κ2) is 8.69. The van der Waals surface area contributed by atoms with Crippen LogP contribution >= 0.6 is 0 Å². The quantitative estimate of drug-likeness (QED) is 0.213. The summed E-state index contributed by atoms with van der Waals surface area (Å²) in [6.45, 7) is 0. The van der Waals surface area contributed by atoms with Gasteiger partial charge in [0.1, 0.15) is 0 Å². The SMILES string of the molecule is O=[N+]([O-])c1ccc(C2=N/C(=C\c3[nH]c(-c4ccc([N+](=O)[O-])cc4)c4ccccc34)c3ccccc32)cc1. The normalized spacial score (nSPS) is 13.5. The first-order chi connectivity index (χ1) is 18.0. The van der Waals surface area contributed by atoms with Gasteiger partial charge in [0, 0.05) is 57.4 Å². The van der Waals surface area contributed by atoms with E-state index in [2.05, 4.69) is 4.98 Å². The van der Waals surface area contributed by atoms with Crippen molar-refractivity contribution in [2.75, 3.05) is 0 Å². The van der Waals surface area contributed by atoms with E-state index >= 15 is 0 Å². The van der Waals surface area contributed by atoms with Gasteiger partial charge in [-0.05, 0) is 35.9 Å². The Kier molecular flexibility index (Phi) is 5.19. The largest absolute Gasteiger partial charge is 0.354 e. The summed E-state index contributed by atoms with van der Waals surface area (Å²) in [5.74, 6) is 0. The molecule has 4 aromatic carbocycles. The smallest absolute Gasteiger partial charge is 0.269 e. The van der Waals surface area contributed by atoms with Gasteiger partial charge in [0.15, 0.2) is 0 Å². The van der Waals surface area contributed by atoms with Crippen LogP contribution in [0.1, 0.15) is 22.4 Å². The number of nitro groups is 2. The van der Waals surface area contributed by atoms with Crippen molar-refractivity contribution in [3.05, 3.63) is 140 Å². The lowest BCUT2D eigenvalue weighted by Crippen LogP contribution is -2.00. The van der Waals surface area contributed by atoms with Gasteiger partial charge >= 0.3 is 0 Å². The lowest BCUT2D eigenvalue weighted by molar-refractivity contribution is -0.385. The van der Waals surface area contributed by atoms with Crippen LogP contribution in [0.5, 0.6) is 0 Å². The van der Waals surface area contributed by atoms with Gasteiger partial charge in [-0.3, -0.25) is 20.2 Å². The number of fused-ring (bicyclic) bond motifs is 2. The lowest BCUT2D eigenvalue weighted by atomic mass is 9.99. The Bertz CT molecular complexity index is 1760. The van der Waals surface area contributed by atoms with Crippen molar-refractivity contribution in [3.63, 3.8) is 0 Å². The fourth-order valence-corrected chi connectivity index (χ4v) is 4.66. The molecule has 0 unspecified atom stereocenters. The number of aromatic nitrogens is 1. The number of nitro benzene ring substituents is 2. The molecule has 0 radical (unpaired) electrons. The van der Waals surface area contributed by atoms with E-state index in [9.17, 15) is 20.2 Å². The zero-order valence-electron chi connectivity index (χ0n) is 19.3. The summed E-state index contributed by atoms with van der Waals surface area (Å²) in [6, 6.07) is 28.7. The summed E-state index contributed by atoms with van der Waals surface area (Å²) in [6.07, 6.45) is 1.99. The number of H-pyrrole nitrogens is 1. The average molecular weight is 486 g/mol.